The second-order valence-corrected chi connectivity index (χ2v) is 12.5. The molecule has 2 aliphatic heterocycles. The molecule has 226 valence electrons. The number of nitrogens with one attached hydrogen (secondary N) is 3. The summed E-state index contributed by atoms with van der Waals surface area (Å²) < 4.78 is 14.6. The van der Waals surface area contributed by atoms with Gasteiger partial charge < -0.3 is 38.2 Å². The summed E-state index contributed by atoms with van der Waals surface area (Å²) in [4.78, 5) is 15.4. The van der Waals surface area contributed by atoms with Gasteiger partial charge in [-0.3, -0.25) is 0 Å². The zero-order valence-corrected chi connectivity index (χ0v) is 30.6. The maximum atomic E-state index is 14.6. The van der Waals surface area contributed by atoms with Gasteiger partial charge >= 0.3 is 31.1 Å². The fourth-order valence-electron chi connectivity index (χ4n) is 4.84. The number of ketones is 1. The molecule has 4 N–H and O–H groups in total. The molecule has 8 nitrogen and oxygen atoms in total. The molecule has 0 radical (unpaired) electrons. The molecule has 0 bridgehead atoms. The van der Waals surface area contributed by atoms with E-state index in [1.54, 1.807) is 6.07 Å². The number of anilines is 2. The molecular formula is C30H34ClFN6O2S2U. The Labute approximate surface area is 289 Å². The summed E-state index contributed by atoms with van der Waals surface area (Å²) in [5.74, 6) is 0.935. The number of dihydropyridines is 1. The third kappa shape index (κ3) is 9.01. The molecule has 43 heavy (non-hydrogen) atoms. The topological polar surface area (TPSA) is 102 Å². The zero-order valence-electron chi connectivity index (χ0n) is 24.0. The van der Waals surface area contributed by atoms with E-state index in [0.717, 1.165) is 48.0 Å². The predicted molar refractivity (Wildman–Crippen MR) is 172 cm³/mol. The Hall–Kier alpha value is -2.04. The number of halogens is 2. The van der Waals surface area contributed by atoms with Crippen LogP contribution in [0, 0.1) is 51.3 Å². The van der Waals surface area contributed by atoms with Crippen LogP contribution in [0.4, 0.5) is 15.1 Å². The van der Waals surface area contributed by atoms with Crippen LogP contribution in [0.15, 0.2) is 59.0 Å². The van der Waals surface area contributed by atoms with Crippen LogP contribution in [0.25, 0.3) is 11.3 Å². The normalized spacial score (nSPS) is 15.3. The Kier molecular flexibility index (Phi) is 13.5. The van der Waals surface area contributed by atoms with Gasteiger partial charge in [-0.25, -0.2) is 15.7 Å². The van der Waals surface area contributed by atoms with Crippen molar-refractivity contribution in [2.24, 2.45) is 0 Å². The van der Waals surface area contributed by atoms with Crippen molar-refractivity contribution in [2.75, 3.05) is 49.7 Å². The second kappa shape index (κ2) is 16.3. The number of likely N-dealkylation sites (tertiary alicyclic amines) is 1. The predicted octanol–water partition coefficient (Wildman–Crippen LogP) is 6.21. The number of hydrogen-bond donors (Lipinski definition) is 4. The van der Waals surface area contributed by atoms with Crippen LogP contribution in [0.5, 0.6) is 0 Å². The standard InChI is InChI=1S/C29H31ClFN6O2S2.CH3.U/c1-17(39)28-21(18-6-9-37(2)10-7-18)15-27(41-28)34-26-14-20(5-8-32-26)33-25-16-24(35-36-29(25)40-12-11-38)22-13-19(30)3-4-23(22)31;;/h3-5,13-16,18,32,34,38H,1,6-12H2,2H3,(H,33,35);1H3;/q2*-1;+2. The van der Waals surface area contributed by atoms with Gasteiger partial charge in [0.1, 0.15) is 16.7 Å². The summed E-state index contributed by atoms with van der Waals surface area (Å²) >= 11 is 8.88. The van der Waals surface area contributed by atoms with Crippen LogP contribution >= 0.6 is 34.7 Å². The number of thioether (sulfide) groups is 1. The maximum Gasteiger partial charge on any atom is 2.00 e. The van der Waals surface area contributed by atoms with E-state index in [1.807, 2.05) is 12.2 Å². The van der Waals surface area contributed by atoms with E-state index in [-0.39, 0.29) is 56.5 Å². The number of carbonyl (C=O) groups is 1. The van der Waals surface area contributed by atoms with Gasteiger partial charge in [0.05, 0.1) is 23.0 Å². The molecule has 2 aliphatic rings. The Bertz CT molecular complexity index is 1490. The van der Waals surface area contributed by atoms with Crippen LogP contribution in [-0.2, 0) is 0 Å². The van der Waals surface area contributed by atoms with Gasteiger partial charge in [0.25, 0.3) is 0 Å². The quantitative estimate of drug-likeness (QED) is 0.108. The molecule has 0 aliphatic carbocycles. The van der Waals surface area contributed by atoms with Gasteiger partial charge in [0.15, 0.2) is 0 Å². The smallest absolute Gasteiger partial charge is 0.396 e. The van der Waals surface area contributed by atoms with E-state index in [1.165, 1.54) is 41.3 Å². The van der Waals surface area contributed by atoms with Crippen molar-refractivity contribution in [1.82, 2.24) is 20.4 Å². The summed E-state index contributed by atoms with van der Waals surface area (Å²) in [5, 5.41) is 29.8. The van der Waals surface area contributed by atoms with Crippen molar-refractivity contribution >= 4 is 51.2 Å². The van der Waals surface area contributed by atoms with Gasteiger partial charge in [0.2, 0.25) is 0 Å². The first kappa shape index (κ1) is 35.4. The molecular weight excluding hydrogens is 833 g/mol. The Morgan fingerprint density at radius 2 is 2.02 bits per heavy atom. The molecule has 5 rings (SSSR count). The third-order valence-electron chi connectivity index (χ3n) is 6.92. The van der Waals surface area contributed by atoms with Crippen molar-refractivity contribution in [3.8, 4) is 11.3 Å². The minimum atomic E-state index is -0.450. The van der Waals surface area contributed by atoms with E-state index < -0.39 is 5.82 Å². The van der Waals surface area contributed by atoms with E-state index in [4.69, 9.17) is 11.6 Å². The molecule has 1 fully saturated rings. The number of aliphatic hydroxyl groups is 1. The van der Waals surface area contributed by atoms with Crippen LogP contribution < -0.4 is 16.0 Å². The van der Waals surface area contributed by atoms with Gasteiger partial charge in [-0.15, -0.1) is 27.5 Å². The fraction of sp³-hybridized carbons (Fsp3) is 0.300. The van der Waals surface area contributed by atoms with Gasteiger partial charge in [0, 0.05) is 40.4 Å². The molecule has 0 unspecified atom stereocenters. The van der Waals surface area contributed by atoms with Crippen molar-refractivity contribution < 1.29 is 45.4 Å². The monoisotopic (exact) mass is 866 g/mol. The summed E-state index contributed by atoms with van der Waals surface area (Å²) in [6, 6.07) is 8.10. The first-order chi connectivity index (χ1) is 19.8. The number of thiophene rings is 1. The maximum absolute atomic E-state index is 14.6. The van der Waals surface area contributed by atoms with Crippen LogP contribution in [-0.4, -0.2) is 65.0 Å². The largest absolute Gasteiger partial charge is 2.00 e. The summed E-state index contributed by atoms with van der Waals surface area (Å²) in [6.45, 7) is 6.25. The number of benzene rings is 1. The van der Waals surface area contributed by atoms with Crippen molar-refractivity contribution in [3.05, 3.63) is 89.6 Å². The van der Waals surface area contributed by atoms with Crippen LogP contribution in [0.3, 0.4) is 0 Å². The molecule has 1 saturated heterocycles. The number of Topliss-reactive ketones (excluding diaryl/α,β-unsaturated/α-hetero) is 1. The average Bonchev–Trinajstić information content (AvgIpc) is 3.38. The second-order valence-electron chi connectivity index (χ2n) is 9.89. The molecule has 0 amide bonds. The first-order valence-electron chi connectivity index (χ1n) is 13.3. The molecule has 2 aromatic heterocycles. The van der Waals surface area contributed by atoms with E-state index in [9.17, 15) is 14.3 Å². The SMILES string of the molecule is [CH2-]C(=O)c1sc(NC2=CC(Nc3cc(-c4cc(Cl)ccc4F)nnc3SCCO)=CCN2)cc1C1CCN(C)CC1.[CH3-].[U+2]. The van der Waals surface area contributed by atoms with Crippen LogP contribution in [0.1, 0.15) is 34.0 Å². The number of rotatable bonds is 10. The zero-order chi connectivity index (χ0) is 28.9. The van der Waals surface area contributed by atoms with Gasteiger partial charge in [-0.05, 0) is 75.3 Å². The third-order valence-corrected chi connectivity index (χ3v) is 9.22. The van der Waals surface area contributed by atoms with E-state index in [2.05, 4.69) is 51.1 Å². The molecule has 0 saturated carbocycles. The van der Waals surface area contributed by atoms with E-state index >= 15 is 0 Å². The van der Waals surface area contributed by atoms with Gasteiger partial charge in [-0.1, -0.05) is 16.5 Å². The van der Waals surface area contributed by atoms with Crippen molar-refractivity contribution in [3.63, 3.8) is 0 Å². The number of aliphatic hydroxyl groups excluding tert-OH is 1. The average molecular weight is 867 g/mol. The Morgan fingerprint density at radius 3 is 2.74 bits per heavy atom. The molecule has 3 aromatic rings. The molecule has 13 heteroatoms. The molecule has 1 aromatic carbocycles. The summed E-state index contributed by atoms with van der Waals surface area (Å²) in [7, 11) is 2.12. The first-order valence-corrected chi connectivity index (χ1v) is 15.4. The number of hydrogen-bond acceptors (Lipinski definition) is 10. The molecule has 4 heterocycles. The number of allylic oxidation sites excluding steroid dienone is 1. The minimum Gasteiger partial charge on any atom is -0.396 e. The number of carbonyl (C=O) groups excluding carboxylic acids is 1. The van der Waals surface area contributed by atoms with E-state index in [0.29, 0.717) is 44.5 Å². The summed E-state index contributed by atoms with van der Waals surface area (Å²) in [6.07, 6.45) is 5.94. The number of piperidine rings is 1. The fourth-order valence-corrected chi connectivity index (χ4v) is 6.69. The molecule has 0 spiro atoms. The summed E-state index contributed by atoms with van der Waals surface area (Å²) in [5.41, 5.74) is 3.08. The van der Waals surface area contributed by atoms with Crippen molar-refractivity contribution in [1.29, 1.82) is 0 Å². The number of aromatic nitrogens is 2. The molecule has 0 atom stereocenters. The Morgan fingerprint density at radius 1 is 1.26 bits per heavy atom. The van der Waals surface area contributed by atoms with Crippen LogP contribution in [0.2, 0.25) is 5.02 Å². The van der Waals surface area contributed by atoms with Crippen molar-refractivity contribution in [2.45, 2.75) is 23.8 Å². The number of nitrogens with zero attached hydrogens (tertiary/aromatic N) is 3. The van der Waals surface area contributed by atoms with Gasteiger partial charge in [-0.2, -0.15) is 6.92 Å². The minimum absolute atomic E-state index is 0. The Balaban J connectivity index is 0.00000253.